The molecule has 0 radical (unpaired) electrons. The van der Waals surface area contributed by atoms with Crippen molar-refractivity contribution in [3.8, 4) is 11.4 Å². The highest BCUT2D eigenvalue weighted by atomic mass is 32.2. The van der Waals surface area contributed by atoms with Crippen LogP contribution in [0.25, 0.3) is 11.4 Å². The Morgan fingerprint density at radius 2 is 2.25 bits per heavy atom. The molecular formula is C15H22N4O4S. The van der Waals surface area contributed by atoms with Gasteiger partial charge in [0.25, 0.3) is 0 Å². The van der Waals surface area contributed by atoms with Gasteiger partial charge in [-0.25, -0.2) is 13.4 Å². The SMILES string of the molecule is CCCS(=O)(=O)N1CCc2c(c(-c3cocn3)nn2CCOC)C1. The van der Waals surface area contributed by atoms with Gasteiger partial charge in [0.15, 0.2) is 6.39 Å². The van der Waals surface area contributed by atoms with Gasteiger partial charge in [-0.2, -0.15) is 9.40 Å². The van der Waals surface area contributed by atoms with Gasteiger partial charge >= 0.3 is 0 Å². The monoisotopic (exact) mass is 354 g/mol. The minimum atomic E-state index is -3.24. The van der Waals surface area contributed by atoms with Crippen LogP contribution >= 0.6 is 0 Å². The van der Waals surface area contributed by atoms with Gasteiger partial charge in [-0.15, -0.1) is 0 Å². The molecule has 2 aromatic heterocycles. The summed E-state index contributed by atoms with van der Waals surface area (Å²) in [5, 5.41) is 4.63. The second-order valence-electron chi connectivity index (χ2n) is 5.76. The number of aromatic nitrogens is 3. The topological polar surface area (TPSA) is 90.5 Å². The molecule has 0 atom stereocenters. The van der Waals surface area contributed by atoms with Gasteiger partial charge in [-0.3, -0.25) is 4.68 Å². The van der Waals surface area contributed by atoms with Gasteiger partial charge in [0.2, 0.25) is 10.0 Å². The molecule has 0 fully saturated rings. The number of hydrogen-bond acceptors (Lipinski definition) is 6. The number of fused-ring (bicyclic) bond motifs is 1. The molecule has 0 aliphatic carbocycles. The Bertz CT molecular complexity index is 783. The van der Waals surface area contributed by atoms with Crippen LogP contribution in [0.5, 0.6) is 0 Å². The average Bonchev–Trinajstić information content (AvgIpc) is 3.20. The van der Waals surface area contributed by atoms with Crippen molar-refractivity contribution in [2.45, 2.75) is 32.9 Å². The zero-order valence-corrected chi connectivity index (χ0v) is 14.8. The fraction of sp³-hybridized carbons (Fsp3) is 0.600. The molecule has 24 heavy (non-hydrogen) atoms. The highest BCUT2D eigenvalue weighted by molar-refractivity contribution is 7.89. The van der Waals surface area contributed by atoms with E-state index in [-0.39, 0.29) is 5.75 Å². The summed E-state index contributed by atoms with van der Waals surface area (Å²) in [6.07, 6.45) is 4.12. The van der Waals surface area contributed by atoms with E-state index in [1.807, 2.05) is 11.6 Å². The van der Waals surface area contributed by atoms with Gasteiger partial charge in [-0.1, -0.05) is 6.92 Å². The first-order valence-corrected chi connectivity index (χ1v) is 9.61. The lowest BCUT2D eigenvalue weighted by Crippen LogP contribution is -2.37. The average molecular weight is 354 g/mol. The third-order valence-corrected chi connectivity index (χ3v) is 6.16. The Hall–Kier alpha value is -1.71. The molecule has 0 N–H and O–H groups in total. The van der Waals surface area contributed by atoms with E-state index in [4.69, 9.17) is 9.15 Å². The number of oxazole rings is 1. The largest absolute Gasteiger partial charge is 0.451 e. The summed E-state index contributed by atoms with van der Waals surface area (Å²) in [4.78, 5) is 4.17. The number of methoxy groups -OCH3 is 1. The van der Waals surface area contributed by atoms with Crippen molar-refractivity contribution in [3.05, 3.63) is 23.9 Å². The van der Waals surface area contributed by atoms with Crippen LogP contribution in [0.1, 0.15) is 24.6 Å². The van der Waals surface area contributed by atoms with Crippen LogP contribution in [0.4, 0.5) is 0 Å². The van der Waals surface area contributed by atoms with Gasteiger partial charge in [-0.05, 0) is 6.42 Å². The Morgan fingerprint density at radius 1 is 1.42 bits per heavy atom. The minimum absolute atomic E-state index is 0.166. The molecule has 0 bridgehead atoms. The van der Waals surface area contributed by atoms with E-state index in [9.17, 15) is 8.42 Å². The van der Waals surface area contributed by atoms with E-state index in [0.717, 1.165) is 11.3 Å². The number of ether oxygens (including phenoxy) is 1. The Kier molecular flexibility index (Phi) is 5.02. The van der Waals surface area contributed by atoms with Crippen LogP contribution in [-0.4, -0.2) is 53.5 Å². The number of rotatable bonds is 7. The second kappa shape index (κ2) is 7.04. The van der Waals surface area contributed by atoms with E-state index in [1.54, 1.807) is 11.4 Å². The molecule has 132 valence electrons. The number of hydrogen-bond donors (Lipinski definition) is 0. The van der Waals surface area contributed by atoms with Crippen molar-refractivity contribution in [1.29, 1.82) is 0 Å². The molecule has 0 saturated carbocycles. The van der Waals surface area contributed by atoms with Crippen molar-refractivity contribution >= 4 is 10.0 Å². The molecular weight excluding hydrogens is 332 g/mol. The standard InChI is InChI=1S/C15H22N4O4S/c1-3-8-24(20,21)18-5-4-14-12(9-18)15(13-10-23-11-16-13)17-19(14)6-7-22-2/h10-11H,3-9H2,1-2H3. The van der Waals surface area contributed by atoms with Crippen molar-refractivity contribution in [3.63, 3.8) is 0 Å². The van der Waals surface area contributed by atoms with Crippen LogP contribution < -0.4 is 0 Å². The quantitative estimate of drug-likeness (QED) is 0.744. The third kappa shape index (κ3) is 3.24. The molecule has 0 unspecified atom stereocenters. The maximum Gasteiger partial charge on any atom is 0.214 e. The summed E-state index contributed by atoms with van der Waals surface area (Å²) in [6, 6.07) is 0. The molecule has 3 heterocycles. The first-order valence-electron chi connectivity index (χ1n) is 8.00. The summed E-state index contributed by atoms with van der Waals surface area (Å²) in [6.45, 7) is 3.85. The van der Waals surface area contributed by atoms with Gasteiger partial charge in [0.1, 0.15) is 17.7 Å². The number of nitrogens with zero attached hydrogens (tertiary/aromatic N) is 4. The molecule has 8 nitrogen and oxygen atoms in total. The lowest BCUT2D eigenvalue weighted by atomic mass is 10.1. The smallest absolute Gasteiger partial charge is 0.214 e. The van der Waals surface area contributed by atoms with Gasteiger partial charge in [0.05, 0.1) is 18.9 Å². The summed E-state index contributed by atoms with van der Waals surface area (Å²) >= 11 is 0. The van der Waals surface area contributed by atoms with E-state index in [0.29, 0.717) is 50.5 Å². The zero-order chi connectivity index (χ0) is 17.2. The molecule has 9 heteroatoms. The van der Waals surface area contributed by atoms with Crippen LogP contribution in [0, 0.1) is 0 Å². The summed E-state index contributed by atoms with van der Waals surface area (Å²) in [7, 11) is -1.60. The van der Waals surface area contributed by atoms with Crippen LogP contribution in [0.3, 0.4) is 0 Å². The van der Waals surface area contributed by atoms with Crippen molar-refractivity contribution < 1.29 is 17.6 Å². The predicted octanol–water partition coefficient (Wildman–Crippen LogP) is 1.28. The summed E-state index contributed by atoms with van der Waals surface area (Å²) in [5.74, 6) is 0.166. The maximum atomic E-state index is 12.4. The van der Waals surface area contributed by atoms with Crippen LogP contribution in [-0.2, 0) is 34.3 Å². The van der Waals surface area contributed by atoms with E-state index >= 15 is 0 Å². The van der Waals surface area contributed by atoms with Gasteiger partial charge < -0.3 is 9.15 Å². The molecule has 0 saturated heterocycles. The molecule has 3 rings (SSSR count). The zero-order valence-electron chi connectivity index (χ0n) is 13.9. The highest BCUT2D eigenvalue weighted by Crippen LogP contribution is 2.30. The molecule has 2 aromatic rings. The fourth-order valence-corrected chi connectivity index (χ4v) is 4.46. The summed E-state index contributed by atoms with van der Waals surface area (Å²) in [5.41, 5.74) is 3.27. The first kappa shape index (κ1) is 17.1. The minimum Gasteiger partial charge on any atom is -0.451 e. The predicted molar refractivity (Wildman–Crippen MR) is 87.8 cm³/mol. The third-order valence-electron chi connectivity index (χ3n) is 4.14. The van der Waals surface area contributed by atoms with E-state index < -0.39 is 10.0 Å². The lowest BCUT2D eigenvalue weighted by Gasteiger charge is -2.27. The molecule has 0 amide bonds. The van der Waals surface area contributed by atoms with Crippen molar-refractivity contribution in [2.24, 2.45) is 0 Å². The molecule has 1 aliphatic rings. The lowest BCUT2D eigenvalue weighted by molar-refractivity contribution is 0.182. The Balaban J connectivity index is 1.97. The van der Waals surface area contributed by atoms with E-state index in [1.165, 1.54) is 12.7 Å². The fourth-order valence-electron chi connectivity index (χ4n) is 2.99. The Labute approximate surface area is 141 Å². The normalized spacial score (nSPS) is 15.6. The summed E-state index contributed by atoms with van der Waals surface area (Å²) < 4.78 is 38.5. The molecule has 0 spiro atoms. The van der Waals surface area contributed by atoms with Crippen LogP contribution in [0.15, 0.2) is 17.1 Å². The van der Waals surface area contributed by atoms with Crippen molar-refractivity contribution in [2.75, 3.05) is 26.0 Å². The second-order valence-corrected chi connectivity index (χ2v) is 7.85. The number of sulfonamides is 1. The van der Waals surface area contributed by atoms with Crippen LogP contribution in [0.2, 0.25) is 0 Å². The molecule has 1 aliphatic heterocycles. The Morgan fingerprint density at radius 3 is 2.92 bits per heavy atom. The van der Waals surface area contributed by atoms with Gasteiger partial charge in [0, 0.05) is 37.9 Å². The van der Waals surface area contributed by atoms with Crippen molar-refractivity contribution in [1.82, 2.24) is 19.1 Å². The maximum absolute atomic E-state index is 12.4. The van der Waals surface area contributed by atoms with E-state index in [2.05, 4.69) is 10.1 Å². The first-order chi connectivity index (χ1) is 11.6. The molecule has 0 aromatic carbocycles. The highest BCUT2D eigenvalue weighted by Gasteiger charge is 2.31.